The van der Waals surface area contributed by atoms with Crippen LogP contribution in [0.2, 0.25) is 0 Å². The van der Waals surface area contributed by atoms with Crippen LogP contribution in [-0.4, -0.2) is 25.4 Å². The predicted molar refractivity (Wildman–Crippen MR) is 63.0 cm³/mol. The molecule has 1 heterocycles. The Morgan fingerprint density at radius 2 is 2.44 bits per heavy atom. The molecule has 2 rings (SSSR count). The van der Waals surface area contributed by atoms with E-state index in [1.54, 1.807) is 6.92 Å². The molecule has 0 saturated heterocycles. The van der Waals surface area contributed by atoms with Crippen LogP contribution < -0.4 is 5.73 Å². The summed E-state index contributed by atoms with van der Waals surface area (Å²) in [5, 5.41) is 8.62. The minimum absolute atomic E-state index is 0.0901. The fourth-order valence-corrected chi connectivity index (χ4v) is 2.86. The summed E-state index contributed by atoms with van der Waals surface area (Å²) in [5.41, 5.74) is 6.53. The van der Waals surface area contributed by atoms with Crippen LogP contribution in [-0.2, 0) is 4.79 Å². The van der Waals surface area contributed by atoms with E-state index in [1.165, 1.54) is 11.8 Å². The molecular formula is C10H16N4OS. The Labute approximate surface area is 98.8 Å². The van der Waals surface area contributed by atoms with E-state index < -0.39 is 0 Å². The number of thioether (sulfide) groups is 1. The highest BCUT2D eigenvalue weighted by molar-refractivity contribution is 8.14. The van der Waals surface area contributed by atoms with Gasteiger partial charge in [0.25, 0.3) is 0 Å². The zero-order valence-electron chi connectivity index (χ0n) is 9.46. The van der Waals surface area contributed by atoms with Crippen molar-refractivity contribution in [1.29, 1.82) is 0 Å². The Balaban J connectivity index is 2.04. The molecule has 0 aromatic carbocycles. The minimum atomic E-state index is -0.0901. The average Bonchev–Trinajstić information content (AvgIpc) is 2.61. The summed E-state index contributed by atoms with van der Waals surface area (Å²) in [6, 6.07) is 0.210. The van der Waals surface area contributed by atoms with Crippen LogP contribution in [0.25, 0.3) is 0 Å². The molecule has 0 bridgehead atoms. The van der Waals surface area contributed by atoms with E-state index in [2.05, 4.69) is 10.3 Å². The van der Waals surface area contributed by atoms with Gasteiger partial charge in [0.1, 0.15) is 0 Å². The maximum Gasteiger partial charge on any atom is 0.186 e. The maximum atomic E-state index is 11.0. The first-order chi connectivity index (χ1) is 7.58. The third kappa shape index (κ3) is 2.27. The summed E-state index contributed by atoms with van der Waals surface area (Å²) in [5.74, 6) is 0. The van der Waals surface area contributed by atoms with Crippen LogP contribution in [0.15, 0.2) is 6.20 Å². The van der Waals surface area contributed by atoms with Gasteiger partial charge in [-0.25, -0.2) is 4.68 Å². The summed E-state index contributed by atoms with van der Waals surface area (Å²) in [4.78, 5) is 11.0. The van der Waals surface area contributed by atoms with Gasteiger partial charge in [-0.05, 0) is 19.8 Å². The first-order valence-electron chi connectivity index (χ1n) is 5.42. The molecule has 5 nitrogen and oxygen atoms in total. The number of nitrogens with zero attached hydrogens (tertiary/aromatic N) is 3. The number of aromatic nitrogens is 3. The highest BCUT2D eigenvalue weighted by Crippen LogP contribution is 2.40. The van der Waals surface area contributed by atoms with E-state index in [-0.39, 0.29) is 11.2 Å². The van der Waals surface area contributed by atoms with Crippen LogP contribution in [0.5, 0.6) is 0 Å². The van der Waals surface area contributed by atoms with Crippen molar-refractivity contribution in [3.05, 3.63) is 11.9 Å². The Morgan fingerprint density at radius 3 is 2.88 bits per heavy atom. The lowest BCUT2D eigenvalue weighted by Crippen LogP contribution is -2.32. The lowest BCUT2D eigenvalue weighted by atomic mass is 9.92. The van der Waals surface area contributed by atoms with E-state index in [9.17, 15) is 4.79 Å². The second kappa shape index (κ2) is 4.55. The standard InChI is InChI=1S/C10H16N4OS/c1-6(11)8-5-14(13-12-8)9-3-4-10(9)16-7(2)15/h5-6,9-10H,3-4,11H2,1-2H3. The Hall–Kier alpha value is -0.880. The first kappa shape index (κ1) is 11.6. The SMILES string of the molecule is CC(=O)SC1CCC1n1cc(C(C)N)nn1. The van der Waals surface area contributed by atoms with Crippen LogP contribution in [0, 0.1) is 0 Å². The van der Waals surface area contributed by atoms with Crippen molar-refractivity contribution in [3.8, 4) is 0 Å². The molecule has 16 heavy (non-hydrogen) atoms. The van der Waals surface area contributed by atoms with E-state index in [4.69, 9.17) is 5.73 Å². The molecule has 1 fully saturated rings. The van der Waals surface area contributed by atoms with Crippen molar-refractivity contribution >= 4 is 16.9 Å². The van der Waals surface area contributed by atoms with Crippen molar-refractivity contribution in [3.63, 3.8) is 0 Å². The number of hydrogen-bond acceptors (Lipinski definition) is 5. The molecule has 1 aromatic rings. The van der Waals surface area contributed by atoms with Crippen LogP contribution in [0.1, 0.15) is 44.5 Å². The lowest BCUT2D eigenvalue weighted by molar-refractivity contribution is -0.109. The zero-order chi connectivity index (χ0) is 11.7. The fraction of sp³-hybridized carbons (Fsp3) is 0.700. The monoisotopic (exact) mass is 240 g/mol. The third-order valence-corrected chi connectivity index (χ3v) is 4.01. The van der Waals surface area contributed by atoms with Gasteiger partial charge >= 0.3 is 0 Å². The van der Waals surface area contributed by atoms with Gasteiger partial charge in [0.05, 0.1) is 17.9 Å². The van der Waals surface area contributed by atoms with Gasteiger partial charge in [0.15, 0.2) is 5.12 Å². The van der Waals surface area contributed by atoms with E-state index in [0.717, 1.165) is 18.5 Å². The summed E-state index contributed by atoms with van der Waals surface area (Å²) in [6.45, 7) is 3.49. The van der Waals surface area contributed by atoms with E-state index >= 15 is 0 Å². The van der Waals surface area contributed by atoms with Crippen LogP contribution >= 0.6 is 11.8 Å². The molecule has 0 spiro atoms. The smallest absolute Gasteiger partial charge is 0.186 e. The number of hydrogen-bond donors (Lipinski definition) is 1. The first-order valence-corrected chi connectivity index (χ1v) is 6.30. The fourth-order valence-electron chi connectivity index (χ4n) is 1.77. The topological polar surface area (TPSA) is 73.8 Å². The summed E-state index contributed by atoms with van der Waals surface area (Å²) >= 11 is 1.40. The van der Waals surface area contributed by atoms with Crippen molar-refractivity contribution in [1.82, 2.24) is 15.0 Å². The number of nitrogens with two attached hydrogens (primary N) is 1. The van der Waals surface area contributed by atoms with Gasteiger partial charge in [-0.1, -0.05) is 17.0 Å². The van der Waals surface area contributed by atoms with Crippen molar-refractivity contribution in [2.75, 3.05) is 0 Å². The van der Waals surface area contributed by atoms with Gasteiger partial charge in [0.2, 0.25) is 0 Å². The third-order valence-electron chi connectivity index (χ3n) is 2.83. The normalized spacial score (nSPS) is 26.2. The minimum Gasteiger partial charge on any atom is -0.323 e. The molecule has 0 amide bonds. The highest BCUT2D eigenvalue weighted by atomic mass is 32.2. The Morgan fingerprint density at radius 1 is 1.69 bits per heavy atom. The zero-order valence-corrected chi connectivity index (χ0v) is 10.3. The molecule has 88 valence electrons. The largest absolute Gasteiger partial charge is 0.323 e. The molecule has 1 aliphatic rings. The maximum absolute atomic E-state index is 11.0. The average molecular weight is 240 g/mol. The molecule has 3 unspecified atom stereocenters. The quantitative estimate of drug-likeness (QED) is 0.861. The molecule has 1 aromatic heterocycles. The number of carbonyl (C=O) groups is 1. The molecule has 2 N–H and O–H groups in total. The lowest BCUT2D eigenvalue weighted by Gasteiger charge is -2.34. The molecule has 1 aliphatic carbocycles. The van der Waals surface area contributed by atoms with Gasteiger partial charge < -0.3 is 5.73 Å². The molecule has 0 aliphatic heterocycles. The molecule has 1 saturated carbocycles. The van der Waals surface area contributed by atoms with Gasteiger partial charge in [0, 0.05) is 18.2 Å². The summed E-state index contributed by atoms with van der Waals surface area (Å²) in [7, 11) is 0. The summed E-state index contributed by atoms with van der Waals surface area (Å²) < 4.78 is 1.85. The van der Waals surface area contributed by atoms with E-state index in [0.29, 0.717) is 11.3 Å². The second-order valence-corrected chi connectivity index (χ2v) is 5.62. The van der Waals surface area contributed by atoms with Crippen molar-refractivity contribution < 1.29 is 4.79 Å². The second-order valence-electron chi connectivity index (χ2n) is 4.20. The van der Waals surface area contributed by atoms with E-state index in [1.807, 2.05) is 17.8 Å². The predicted octanol–water partition coefficient (Wildman–Crippen LogP) is 1.28. The van der Waals surface area contributed by atoms with Gasteiger partial charge in [-0.2, -0.15) is 0 Å². The highest BCUT2D eigenvalue weighted by Gasteiger charge is 2.34. The Kier molecular flexibility index (Phi) is 3.30. The van der Waals surface area contributed by atoms with Gasteiger partial charge in [-0.3, -0.25) is 4.79 Å². The van der Waals surface area contributed by atoms with Crippen molar-refractivity contribution in [2.24, 2.45) is 5.73 Å². The summed E-state index contributed by atoms with van der Waals surface area (Å²) in [6.07, 6.45) is 4.02. The Bertz CT molecular complexity index is 390. The molecular weight excluding hydrogens is 224 g/mol. The van der Waals surface area contributed by atoms with Crippen LogP contribution in [0.3, 0.4) is 0 Å². The van der Waals surface area contributed by atoms with Gasteiger partial charge in [-0.15, -0.1) is 5.10 Å². The van der Waals surface area contributed by atoms with Crippen molar-refractivity contribution in [2.45, 2.75) is 44.0 Å². The molecule has 3 atom stereocenters. The van der Waals surface area contributed by atoms with Crippen LogP contribution in [0.4, 0.5) is 0 Å². The number of rotatable bonds is 3. The molecule has 0 radical (unpaired) electrons. The number of carbonyl (C=O) groups excluding carboxylic acids is 1. The molecule has 6 heteroatoms.